The highest BCUT2D eigenvalue weighted by molar-refractivity contribution is 5.71. The molecule has 0 saturated carbocycles. The van der Waals surface area contributed by atoms with Crippen LogP contribution in [0.15, 0.2) is 22.7 Å². The van der Waals surface area contributed by atoms with Crippen molar-refractivity contribution in [2.45, 2.75) is 18.5 Å². The Morgan fingerprint density at radius 2 is 2.10 bits per heavy atom. The van der Waals surface area contributed by atoms with Gasteiger partial charge in [-0.25, -0.2) is 0 Å². The van der Waals surface area contributed by atoms with Gasteiger partial charge in [0.2, 0.25) is 0 Å². The second-order valence-corrected chi connectivity index (χ2v) is 4.82. The molecule has 8 heteroatoms. The van der Waals surface area contributed by atoms with Crippen molar-refractivity contribution in [3.63, 3.8) is 0 Å². The first-order valence-electron chi connectivity index (χ1n) is 6.33. The summed E-state index contributed by atoms with van der Waals surface area (Å²) in [6, 6.07) is 3.01. The minimum atomic E-state index is -4.45. The van der Waals surface area contributed by atoms with E-state index in [0.29, 0.717) is 19.0 Å². The summed E-state index contributed by atoms with van der Waals surface area (Å²) < 4.78 is 48.5. The van der Waals surface area contributed by atoms with E-state index in [9.17, 15) is 13.2 Å². The number of alkyl halides is 3. The number of nitrogens with zero attached hydrogens (tertiary/aromatic N) is 2. The average Bonchev–Trinajstić information content (AvgIpc) is 3.09. The fourth-order valence-electron chi connectivity index (χ4n) is 2.17. The van der Waals surface area contributed by atoms with Gasteiger partial charge >= 0.3 is 6.18 Å². The van der Waals surface area contributed by atoms with Crippen LogP contribution in [0.1, 0.15) is 23.7 Å². The van der Waals surface area contributed by atoms with Gasteiger partial charge in [0.1, 0.15) is 0 Å². The molecule has 2 heterocycles. The van der Waals surface area contributed by atoms with Gasteiger partial charge in [-0.05, 0) is 24.6 Å². The molecule has 0 spiro atoms. The highest BCUT2D eigenvalue weighted by Crippen LogP contribution is 2.35. The van der Waals surface area contributed by atoms with Crippen LogP contribution in [0.3, 0.4) is 0 Å². The van der Waals surface area contributed by atoms with E-state index in [4.69, 9.17) is 15.0 Å². The lowest BCUT2D eigenvalue weighted by atomic mass is 10.1. The number of rotatable bonds is 2. The van der Waals surface area contributed by atoms with Gasteiger partial charge in [-0.1, -0.05) is 5.16 Å². The zero-order valence-electron chi connectivity index (χ0n) is 10.9. The van der Waals surface area contributed by atoms with Crippen LogP contribution in [0, 0.1) is 0 Å². The van der Waals surface area contributed by atoms with Crippen LogP contribution in [-0.2, 0) is 10.9 Å². The van der Waals surface area contributed by atoms with E-state index in [-0.39, 0.29) is 23.1 Å². The second-order valence-electron chi connectivity index (χ2n) is 4.82. The predicted octanol–water partition coefficient (Wildman–Crippen LogP) is 2.84. The van der Waals surface area contributed by atoms with Gasteiger partial charge in [-0.3, -0.25) is 0 Å². The molecule has 0 aliphatic carbocycles. The Labute approximate surface area is 117 Å². The Morgan fingerprint density at radius 3 is 2.76 bits per heavy atom. The zero-order chi connectivity index (χ0) is 15.0. The molecule has 1 fully saturated rings. The van der Waals surface area contributed by atoms with Crippen molar-refractivity contribution in [2.75, 3.05) is 18.9 Å². The number of anilines is 1. The number of hydrogen-bond donors (Lipinski definition) is 1. The first-order valence-corrected chi connectivity index (χ1v) is 6.33. The lowest BCUT2D eigenvalue weighted by Crippen LogP contribution is -2.06. The van der Waals surface area contributed by atoms with E-state index in [2.05, 4.69) is 10.1 Å². The third-order valence-corrected chi connectivity index (χ3v) is 3.35. The van der Waals surface area contributed by atoms with E-state index < -0.39 is 11.7 Å². The first-order chi connectivity index (χ1) is 9.95. The van der Waals surface area contributed by atoms with Gasteiger partial charge in [0.25, 0.3) is 5.89 Å². The highest BCUT2D eigenvalue weighted by Gasteiger charge is 2.32. The Bertz CT molecular complexity index is 648. The Hall–Kier alpha value is -2.09. The Morgan fingerprint density at radius 1 is 1.29 bits per heavy atom. The molecule has 1 aliphatic heterocycles. The molecule has 1 aromatic carbocycles. The van der Waals surface area contributed by atoms with Gasteiger partial charge in [0, 0.05) is 18.2 Å². The van der Waals surface area contributed by atoms with E-state index in [1.54, 1.807) is 0 Å². The topological polar surface area (TPSA) is 74.2 Å². The fourth-order valence-corrected chi connectivity index (χ4v) is 2.17. The number of hydrogen-bond acceptors (Lipinski definition) is 5. The van der Waals surface area contributed by atoms with Crippen LogP contribution < -0.4 is 5.73 Å². The maximum absolute atomic E-state index is 12.7. The zero-order valence-corrected chi connectivity index (χ0v) is 10.9. The third kappa shape index (κ3) is 2.71. The molecule has 21 heavy (non-hydrogen) atoms. The number of aromatic nitrogens is 2. The van der Waals surface area contributed by atoms with Crippen molar-refractivity contribution >= 4 is 5.69 Å². The molecular weight excluding hydrogens is 287 g/mol. The van der Waals surface area contributed by atoms with E-state index >= 15 is 0 Å². The Balaban J connectivity index is 1.96. The highest BCUT2D eigenvalue weighted by atomic mass is 19.4. The van der Waals surface area contributed by atoms with E-state index in [1.165, 1.54) is 6.07 Å². The van der Waals surface area contributed by atoms with E-state index in [0.717, 1.165) is 18.6 Å². The predicted molar refractivity (Wildman–Crippen MR) is 67.3 cm³/mol. The summed E-state index contributed by atoms with van der Waals surface area (Å²) in [5.74, 6) is 0.425. The van der Waals surface area contributed by atoms with Crippen LogP contribution in [0.4, 0.5) is 18.9 Å². The molecule has 1 atom stereocenters. The number of nitrogens with two attached hydrogens (primary N) is 1. The summed E-state index contributed by atoms with van der Waals surface area (Å²) in [4.78, 5) is 4.14. The monoisotopic (exact) mass is 299 g/mol. The van der Waals surface area contributed by atoms with Crippen LogP contribution in [0.25, 0.3) is 11.5 Å². The quantitative estimate of drug-likeness (QED) is 0.863. The normalized spacial score (nSPS) is 19.1. The molecule has 1 aliphatic rings. The number of nitrogen functional groups attached to an aromatic ring is 1. The van der Waals surface area contributed by atoms with Gasteiger partial charge in [-0.15, -0.1) is 0 Å². The van der Waals surface area contributed by atoms with Gasteiger partial charge in [0.15, 0.2) is 5.82 Å². The summed E-state index contributed by atoms with van der Waals surface area (Å²) in [5, 5.41) is 3.80. The largest absolute Gasteiger partial charge is 0.416 e. The van der Waals surface area contributed by atoms with Crippen LogP contribution >= 0.6 is 0 Å². The smallest absolute Gasteiger partial charge is 0.398 e. The maximum atomic E-state index is 12.7. The number of ether oxygens (including phenoxy) is 1. The summed E-state index contributed by atoms with van der Waals surface area (Å²) in [6.07, 6.45) is -3.69. The van der Waals surface area contributed by atoms with Crippen molar-refractivity contribution < 1.29 is 22.4 Å². The van der Waals surface area contributed by atoms with Crippen molar-refractivity contribution in [1.29, 1.82) is 0 Å². The molecule has 2 aromatic rings. The van der Waals surface area contributed by atoms with Crippen LogP contribution in [0.2, 0.25) is 0 Å². The molecule has 1 unspecified atom stereocenters. The fraction of sp³-hybridized carbons (Fsp3) is 0.385. The molecule has 0 bridgehead atoms. The summed E-state index contributed by atoms with van der Waals surface area (Å²) in [6.45, 7) is 1.09. The molecule has 112 valence electrons. The van der Waals surface area contributed by atoms with Gasteiger partial charge in [-0.2, -0.15) is 18.2 Å². The number of benzene rings is 1. The van der Waals surface area contributed by atoms with Crippen molar-refractivity contribution in [2.24, 2.45) is 0 Å². The molecule has 0 amide bonds. The van der Waals surface area contributed by atoms with Gasteiger partial charge in [0.05, 0.1) is 17.7 Å². The summed E-state index contributed by atoms with van der Waals surface area (Å²) in [5.41, 5.74) is 5.14. The lowest BCUT2D eigenvalue weighted by molar-refractivity contribution is -0.137. The minimum absolute atomic E-state index is 0.00882. The third-order valence-electron chi connectivity index (χ3n) is 3.35. The maximum Gasteiger partial charge on any atom is 0.416 e. The molecule has 1 aromatic heterocycles. The molecule has 2 N–H and O–H groups in total. The minimum Gasteiger partial charge on any atom is -0.398 e. The van der Waals surface area contributed by atoms with Crippen LogP contribution in [-0.4, -0.2) is 23.4 Å². The standard InChI is InChI=1S/C13H12F3N3O2/c14-13(15,16)8-1-2-10(17)9(5-8)12-18-11(19-21-12)7-3-4-20-6-7/h1-2,5,7H,3-4,6,17H2. The molecule has 0 radical (unpaired) electrons. The van der Waals surface area contributed by atoms with Crippen LogP contribution in [0.5, 0.6) is 0 Å². The first kappa shape index (κ1) is 13.9. The molecule has 3 rings (SSSR count). The molecule has 1 saturated heterocycles. The van der Waals surface area contributed by atoms with E-state index in [1.807, 2.05) is 0 Å². The second kappa shape index (κ2) is 5.03. The van der Waals surface area contributed by atoms with Crippen molar-refractivity contribution in [3.05, 3.63) is 29.6 Å². The Kier molecular flexibility index (Phi) is 3.32. The summed E-state index contributed by atoms with van der Waals surface area (Å²) in [7, 11) is 0. The summed E-state index contributed by atoms with van der Waals surface area (Å²) >= 11 is 0. The molecule has 5 nitrogen and oxygen atoms in total. The average molecular weight is 299 g/mol. The van der Waals surface area contributed by atoms with Crippen molar-refractivity contribution in [1.82, 2.24) is 10.1 Å². The SMILES string of the molecule is Nc1ccc(C(F)(F)F)cc1-c1nc(C2CCOC2)no1. The lowest BCUT2D eigenvalue weighted by Gasteiger charge is -2.08. The van der Waals surface area contributed by atoms with Crippen molar-refractivity contribution in [3.8, 4) is 11.5 Å². The molecular formula is C13H12F3N3O2. The number of halogens is 3. The van der Waals surface area contributed by atoms with Gasteiger partial charge < -0.3 is 15.0 Å².